The maximum Gasteiger partial charge on any atom is 0.254 e. The Balaban J connectivity index is 1.79. The summed E-state index contributed by atoms with van der Waals surface area (Å²) in [4.78, 5) is 28.4. The fourth-order valence-corrected chi connectivity index (χ4v) is 4.11. The molecule has 0 aliphatic carbocycles. The normalized spacial score (nSPS) is 13.0. The zero-order valence-corrected chi connectivity index (χ0v) is 16.8. The van der Waals surface area contributed by atoms with Crippen molar-refractivity contribution in [3.63, 3.8) is 0 Å². The molecule has 0 unspecified atom stereocenters. The van der Waals surface area contributed by atoms with Crippen molar-refractivity contribution >= 4 is 22.6 Å². The molecule has 0 saturated heterocycles. The van der Waals surface area contributed by atoms with Crippen molar-refractivity contribution < 1.29 is 19.8 Å². The van der Waals surface area contributed by atoms with Gasteiger partial charge in [0.2, 0.25) is 0 Å². The van der Waals surface area contributed by atoms with Crippen molar-refractivity contribution in [2.45, 2.75) is 6.54 Å². The van der Waals surface area contributed by atoms with Gasteiger partial charge in [-0.15, -0.1) is 0 Å². The van der Waals surface area contributed by atoms with Crippen LogP contribution < -0.4 is 0 Å². The summed E-state index contributed by atoms with van der Waals surface area (Å²) >= 11 is 0. The number of nitrogens with zero attached hydrogens (tertiary/aromatic N) is 2. The first-order valence-corrected chi connectivity index (χ1v) is 9.96. The molecular formula is C24H24N2O4. The fraction of sp³-hybridized carbons (Fsp3) is 0.250. The molecule has 0 fully saturated rings. The average molecular weight is 404 g/mol. The lowest BCUT2D eigenvalue weighted by molar-refractivity contribution is 0.0686. The third kappa shape index (κ3) is 3.44. The molecule has 30 heavy (non-hydrogen) atoms. The van der Waals surface area contributed by atoms with Gasteiger partial charge in [0.25, 0.3) is 11.8 Å². The minimum Gasteiger partial charge on any atom is -0.395 e. The maximum atomic E-state index is 13.1. The van der Waals surface area contributed by atoms with E-state index in [9.17, 15) is 19.8 Å². The number of aliphatic hydroxyl groups excluding tert-OH is 2. The highest BCUT2D eigenvalue weighted by Crippen LogP contribution is 2.33. The molecule has 0 aromatic heterocycles. The Kier molecular flexibility index (Phi) is 5.53. The lowest BCUT2D eigenvalue weighted by atomic mass is 9.93. The Morgan fingerprint density at radius 3 is 2.40 bits per heavy atom. The highest BCUT2D eigenvalue weighted by Gasteiger charge is 2.25. The number of amides is 2. The van der Waals surface area contributed by atoms with Crippen LogP contribution in [0.2, 0.25) is 0 Å². The molecule has 6 nitrogen and oxygen atoms in total. The zero-order valence-electron chi connectivity index (χ0n) is 16.8. The van der Waals surface area contributed by atoms with Gasteiger partial charge in [-0.25, -0.2) is 0 Å². The van der Waals surface area contributed by atoms with Gasteiger partial charge in [-0.1, -0.05) is 36.4 Å². The summed E-state index contributed by atoms with van der Waals surface area (Å²) in [5.41, 5.74) is 4.26. The predicted molar refractivity (Wildman–Crippen MR) is 115 cm³/mol. The van der Waals surface area contributed by atoms with Crippen LogP contribution in [0.3, 0.4) is 0 Å². The fourth-order valence-electron chi connectivity index (χ4n) is 4.11. The minimum atomic E-state index is -0.220. The van der Waals surface area contributed by atoms with Crippen LogP contribution in [0.15, 0.2) is 54.6 Å². The number of carbonyl (C=O) groups is 2. The first kappa shape index (κ1) is 20.1. The van der Waals surface area contributed by atoms with E-state index < -0.39 is 0 Å². The lowest BCUT2D eigenvalue weighted by Gasteiger charge is -2.22. The van der Waals surface area contributed by atoms with Crippen LogP contribution >= 0.6 is 0 Å². The second kappa shape index (κ2) is 8.26. The van der Waals surface area contributed by atoms with Crippen LogP contribution in [0.4, 0.5) is 0 Å². The Hall–Kier alpha value is -3.22. The molecule has 2 amide bonds. The van der Waals surface area contributed by atoms with Gasteiger partial charge in [0.1, 0.15) is 0 Å². The van der Waals surface area contributed by atoms with E-state index in [1.807, 2.05) is 48.5 Å². The molecule has 1 heterocycles. The molecule has 6 heteroatoms. The van der Waals surface area contributed by atoms with Gasteiger partial charge in [-0.2, -0.15) is 0 Å². The summed E-state index contributed by atoms with van der Waals surface area (Å²) < 4.78 is 0. The molecule has 154 valence electrons. The summed E-state index contributed by atoms with van der Waals surface area (Å²) in [6.45, 7) is 0.603. The van der Waals surface area contributed by atoms with Gasteiger partial charge in [0, 0.05) is 37.8 Å². The van der Waals surface area contributed by atoms with Crippen LogP contribution in [0.25, 0.3) is 21.9 Å². The van der Waals surface area contributed by atoms with E-state index in [0.717, 1.165) is 33.0 Å². The van der Waals surface area contributed by atoms with E-state index in [1.54, 1.807) is 18.0 Å². The molecule has 0 saturated carbocycles. The average Bonchev–Trinajstić information content (AvgIpc) is 3.05. The Bertz CT molecular complexity index is 1120. The zero-order chi connectivity index (χ0) is 21.3. The molecular weight excluding hydrogens is 380 g/mol. The molecule has 0 radical (unpaired) electrons. The highest BCUT2D eigenvalue weighted by atomic mass is 16.3. The van der Waals surface area contributed by atoms with E-state index >= 15 is 0 Å². The van der Waals surface area contributed by atoms with Crippen molar-refractivity contribution in [1.29, 1.82) is 0 Å². The van der Waals surface area contributed by atoms with Gasteiger partial charge in [0.15, 0.2) is 0 Å². The van der Waals surface area contributed by atoms with E-state index in [-0.39, 0.29) is 38.1 Å². The van der Waals surface area contributed by atoms with Crippen LogP contribution in [0.5, 0.6) is 0 Å². The standard InChI is InChI=1S/C24H24N2O4/c1-25-15-17-14-16(8-9-19(17)23(25)29)18-4-2-6-21-20(18)5-3-7-22(21)24(30)26(10-12-27)11-13-28/h2-9,14,27-28H,10-13,15H2,1H3. The van der Waals surface area contributed by atoms with Crippen molar-refractivity contribution in [3.05, 3.63) is 71.3 Å². The second-order valence-electron chi connectivity index (χ2n) is 7.48. The molecule has 4 rings (SSSR count). The highest BCUT2D eigenvalue weighted by molar-refractivity contribution is 6.10. The topological polar surface area (TPSA) is 81.1 Å². The summed E-state index contributed by atoms with van der Waals surface area (Å²) in [6.07, 6.45) is 0. The SMILES string of the molecule is CN1Cc2cc(-c3cccc4c(C(=O)N(CCO)CCO)cccc34)ccc2C1=O. The summed E-state index contributed by atoms with van der Waals surface area (Å²) in [7, 11) is 1.79. The first-order chi connectivity index (χ1) is 14.5. The van der Waals surface area contributed by atoms with Crippen LogP contribution in [-0.2, 0) is 6.54 Å². The molecule has 3 aromatic carbocycles. The molecule has 0 atom stereocenters. The van der Waals surface area contributed by atoms with Crippen molar-refractivity contribution in [3.8, 4) is 11.1 Å². The molecule has 1 aliphatic rings. The Labute approximate surface area is 175 Å². The first-order valence-electron chi connectivity index (χ1n) is 9.96. The smallest absolute Gasteiger partial charge is 0.254 e. The van der Waals surface area contributed by atoms with Gasteiger partial charge >= 0.3 is 0 Å². The molecule has 3 aromatic rings. The number of hydrogen-bond donors (Lipinski definition) is 2. The number of carbonyl (C=O) groups excluding carboxylic acids is 2. The van der Waals surface area contributed by atoms with Crippen molar-refractivity contribution in [1.82, 2.24) is 9.80 Å². The van der Waals surface area contributed by atoms with Crippen molar-refractivity contribution in [2.24, 2.45) is 0 Å². The molecule has 0 bridgehead atoms. The van der Waals surface area contributed by atoms with E-state index in [1.165, 1.54) is 4.90 Å². The van der Waals surface area contributed by atoms with E-state index in [4.69, 9.17) is 0 Å². The van der Waals surface area contributed by atoms with Gasteiger partial charge in [-0.3, -0.25) is 9.59 Å². The third-order valence-corrected chi connectivity index (χ3v) is 5.58. The number of rotatable bonds is 6. The molecule has 1 aliphatic heterocycles. The predicted octanol–water partition coefficient (Wildman–Crippen LogP) is 2.52. The number of aliphatic hydroxyl groups is 2. The summed E-state index contributed by atoms with van der Waals surface area (Å²) in [6, 6.07) is 17.3. The summed E-state index contributed by atoms with van der Waals surface area (Å²) in [5, 5.41) is 20.3. The monoisotopic (exact) mass is 404 g/mol. The molecule has 2 N–H and O–H groups in total. The number of hydrogen-bond acceptors (Lipinski definition) is 4. The van der Waals surface area contributed by atoms with Crippen LogP contribution in [0, 0.1) is 0 Å². The van der Waals surface area contributed by atoms with Gasteiger partial charge in [-0.05, 0) is 45.7 Å². The molecule has 0 spiro atoms. The minimum absolute atomic E-state index is 0.0372. The quantitative estimate of drug-likeness (QED) is 0.662. The maximum absolute atomic E-state index is 13.1. The van der Waals surface area contributed by atoms with E-state index in [0.29, 0.717) is 12.1 Å². The lowest BCUT2D eigenvalue weighted by Crippen LogP contribution is -2.35. The van der Waals surface area contributed by atoms with Crippen LogP contribution in [-0.4, -0.2) is 65.2 Å². The van der Waals surface area contributed by atoms with Crippen LogP contribution in [0.1, 0.15) is 26.3 Å². The van der Waals surface area contributed by atoms with Gasteiger partial charge in [0.05, 0.1) is 13.2 Å². The second-order valence-corrected chi connectivity index (χ2v) is 7.48. The van der Waals surface area contributed by atoms with Gasteiger partial charge < -0.3 is 20.0 Å². The van der Waals surface area contributed by atoms with E-state index in [2.05, 4.69) is 0 Å². The largest absolute Gasteiger partial charge is 0.395 e. The summed E-state index contributed by atoms with van der Waals surface area (Å²) in [5.74, 6) is -0.183. The Morgan fingerprint density at radius 2 is 1.67 bits per heavy atom. The third-order valence-electron chi connectivity index (χ3n) is 5.58. The number of fused-ring (bicyclic) bond motifs is 2. The Morgan fingerprint density at radius 1 is 0.967 bits per heavy atom. The van der Waals surface area contributed by atoms with Crippen molar-refractivity contribution in [2.75, 3.05) is 33.4 Å². The number of benzene rings is 3.